The van der Waals surface area contributed by atoms with E-state index in [1.807, 2.05) is 6.92 Å². The van der Waals surface area contributed by atoms with Gasteiger partial charge in [-0.25, -0.2) is 4.39 Å². The van der Waals surface area contributed by atoms with Gasteiger partial charge in [0, 0.05) is 37.2 Å². The molecule has 0 saturated carbocycles. The highest BCUT2D eigenvalue weighted by Gasteiger charge is 2.25. The zero-order chi connectivity index (χ0) is 18.8. The van der Waals surface area contributed by atoms with Crippen LogP contribution in [0.25, 0.3) is 10.9 Å². The number of pyridine rings is 1. The molecule has 2 aliphatic rings. The summed E-state index contributed by atoms with van der Waals surface area (Å²) in [7, 11) is 0. The second-order valence-corrected chi connectivity index (χ2v) is 7.50. The number of anilines is 1. The number of piperidine rings is 1. The molecule has 0 N–H and O–H groups in total. The van der Waals surface area contributed by atoms with Crippen molar-refractivity contribution in [3.8, 4) is 6.07 Å². The summed E-state index contributed by atoms with van der Waals surface area (Å²) in [5, 5.41) is 10.3. The first-order valence-corrected chi connectivity index (χ1v) is 9.59. The molecular weight excluding hydrogens is 345 g/mol. The molecule has 0 radical (unpaired) electrons. The van der Waals surface area contributed by atoms with Gasteiger partial charge in [-0.3, -0.25) is 4.98 Å². The molecular formula is C21H24FN3O2. The van der Waals surface area contributed by atoms with Crippen LogP contribution in [0.4, 0.5) is 10.1 Å². The van der Waals surface area contributed by atoms with Gasteiger partial charge in [0.2, 0.25) is 0 Å². The van der Waals surface area contributed by atoms with Gasteiger partial charge in [-0.05, 0) is 43.9 Å². The molecule has 5 nitrogen and oxygen atoms in total. The van der Waals surface area contributed by atoms with E-state index < -0.39 is 0 Å². The molecule has 0 aliphatic carbocycles. The minimum absolute atomic E-state index is 0.235. The minimum Gasteiger partial charge on any atom is -0.381 e. The summed E-state index contributed by atoms with van der Waals surface area (Å²) in [4.78, 5) is 6.56. The van der Waals surface area contributed by atoms with Crippen LogP contribution in [-0.4, -0.2) is 44.0 Å². The summed E-state index contributed by atoms with van der Waals surface area (Å²) in [6.45, 7) is 5.83. The van der Waals surface area contributed by atoms with E-state index in [9.17, 15) is 9.65 Å². The number of halogens is 1. The molecule has 2 aromatic rings. The van der Waals surface area contributed by atoms with Crippen LogP contribution in [0.3, 0.4) is 0 Å². The third kappa shape index (κ3) is 3.76. The van der Waals surface area contributed by atoms with Crippen LogP contribution >= 0.6 is 0 Å². The molecule has 2 saturated heterocycles. The van der Waals surface area contributed by atoms with Crippen LogP contribution in [-0.2, 0) is 9.47 Å². The molecule has 1 aromatic carbocycles. The van der Waals surface area contributed by atoms with E-state index in [-0.39, 0.29) is 11.9 Å². The number of rotatable bonds is 4. The molecule has 2 aliphatic heterocycles. The van der Waals surface area contributed by atoms with Gasteiger partial charge in [0.1, 0.15) is 11.9 Å². The van der Waals surface area contributed by atoms with Crippen LogP contribution in [0.1, 0.15) is 30.4 Å². The lowest BCUT2D eigenvalue weighted by atomic mass is 10.0. The molecule has 27 heavy (non-hydrogen) atoms. The lowest BCUT2D eigenvalue weighted by Crippen LogP contribution is -2.38. The van der Waals surface area contributed by atoms with E-state index in [1.165, 1.54) is 12.1 Å². The van der Waals surface area contributed by atoms with Crippen molar-refractivity contribution >= 4 is 16.6 Å². The summed E-state index contributed by atoms with van der Waals surface area (Å²) < 4.78 is 25.5. The number of nitriles is 1. The molecule has 1 atom stereocenters. The number of hydrogen-bond donors (Lipinski definition) is 0. The Hall–Kier alpha value is -2.23. The highest BCUT2D eigenvalue weighted by Crippen LogP contribution is 2.33. The largest absolute Gasteiger partial charge is 0.381 e. The predicted molar refractivity (Wildman–Crippen MR) is 101 cm³/mol. The van der Waals surface area contributed by atoms with Crippen LogP contribution in [0.5, 0.6) is 0 Å². The Balaban J connectivity index is 1.52. The number of aromatic nitrogens is 1. The maximum absolute atomic E-state index is 14.0. The second kappa shape index (κ2) is 7.79. The normalized spacial score (nSPS) is 20.9. The fourth-order valence-corrected chi connectivity index (χ4v) is 4.08. The van der Waals surface area contributed by atoms with E-state index >= 15 is 0 Å². The summed E-state index contributed by atoms with van der Waals surface area (Å²) >= 11 is 0. The Morgan fingerprint density at radius 2 is 2.15 bits per heavy atom. The number of nitrogens with zero attached hydrogens (tertiary/aromatic N) is 3. The molecule has 3 heterocycles. The third-order valence-electron chi connectivity index (χ3n) is 5.57. The second-order valence-electron chi connectivity index (χ2n) is 7.50. The molecule has 1 unspecified atom stereocenters. The first-order chi connectivity index (χ1) is 13.2. The van der Waals surface area contributed by atoms with Crippen molar-refractivity contribution in [2.24, 2.45) is 5.92 Å². The Kier molecular flexibility index (Phi) is 5.24. The van der Waals surface area contributed by atoms with E-state index in [4.69, 9.17) is 9.47 Å². The SMILES string of the molecule is Cc1cc(F)cc2c(N3CCC(OCC4CCOC4)CC3)c(C#N)cnc12. The lowest BCUT2D eigenvalue weighted by Gasteiger charge is -2.35. The van der Waals surface area contributed by atoms with E-state index in [1.54, 1.807) is 6.20 Å². The van der Waals surface area contributed by atoms with Crippen molar-refractivity contribution in [1.82, 2.24) is 4.98 Å². The smallest absolute Gasteiger partial charge is 0.124 e. The zero-order valence-corrected chi connectivity index (χ0v) is 15.6. The van der Waals surface area contributed by atoms with Gasteiger partial charge in [-0.1, -0.05) is 0 Å². The predicted octanol–water partition coefficient (Wildman–Crippen LogP) is 3.58. The quantitative estimate of drug-likeness (QED) is 0.825. The molecule has 0 amide bonds. The molecule has 1 aromatic heterocycles. The van der Waals surface area contributed by atoms with Crippen molar-refractivity contribution in [2.45, 2.75) is 32.3 Å². The highest BCUT2D eigenvalue weighted by molar-refractivity contribution is 5.96. The summed E-state index contributed by atoms with van der Waals surface area (Å²) in [6.07, 6.45) is 4.72. The summed E-state index contributed by atoms with van der Waals surface area (Å²) in [6, 6.07) is 5.20. The molecule has 0 bridgehead atoms. The van der Waals surface area contributed by atoms with Crippen LogP contribution < -0.4 is 4.90 Å². The van der Waals surface area contributed by atoms with Crippen LogP contribution in [0.2, 0.25) is 0 Å². The Morgan fingerprint density at radius 3 is 2.85 bits per heavy atom. The van der Waals surface area contributed by atoms with Gasteiger partial charge in [-0.2, -0.15) is 5.26 Å². The van der Waals surface area contributed by atoms with Crippen molar-refractivity contribution in [1.29, 1.82) is 5.26 Å². The van der Waals surface area contributed by atoms with Gasteiger partial charge in [-0.15, -0.1) is 0 Å². The molecule has 2 fully saturated rings. The number of fused-ring (bicyclic) bond motifs is 1. The number of hydrogen-bond acceptors (Lipinski definition) is 5. The average molecular weight is 369 g/mol. The third-order valence-corrected chi connectivity index (χ3v) is 5.57. The maximum Gasteiger partial charge on any atom is 0.124 e. The van der Waals surface area contributed by atoms with Gasteiger partial charge in [0.05, 0.1) is 36.1 Å². The van der Waals surface area contributed by atoms with Crippen molar-refractivity contribution < 1.29 is 13.9 Å². The highest BCUT2D eigenvalue weighted by atomic mass is 19.1. The van der Waals surface area contributed by atoms with Gasteiger partial charge >= 0.3 is 0 Å². The summed E-state index contributed by atoms with van der Waals surface area (Å²) in [5.41, 5.74) is 2.83. The topological polar surface area (TPSA) is 58.4 Å². The molecule has 142 valence electrons. The first-order valence-electron chi connectivity index (χ1n) is 9.59. The van der Waals surface area contributed by atoms with Crippen LogP contribution in [0.15, 0.2) is 18.3 Å². The van der Waals surface area contributed by atoms with E-state index in [2.05, 4.69) is 16.0 Å². The van der Waals surface area contributed by atoms with Crippen molar-refractivity contribution in [3.63, 3.8) is 0 Å². The van der Waals surface area contributed by atoms with Gasteiger partial charge in [0.15, 0.2) is 0 Å². The number of aryl methyl sites for hydroxylation is 1. The lowest BCUT2D eigenvalue weighted by molar-refractivity contribution is 0.0132. The fourth-order valence-electron chi connectivity index (χ4n) is 4.08. The van der Waals surface area contributed by atoms with Crippen molar-refractivity contribution in [3.05, 3.63) is 35.3 Å². The summed E-state index contributed by atoms with van der Waals surface area (Å²) in [5.74, 6) is 0.221. The van der Waals surface area contributed by atoms with E-state index in [0.29, 0.717) is 16.9 Å². The zero-order valence-electron chi connectivity index (χ0n) is 15.6. The van der Waals surface area contributed by atoms with E-state index in [0.717, 1.165) is 68.9 Å². The van der Waals surface area contributed by atoms with Gasteiger partial charge in [0.25, 0.3) is 0 Å². The number of ether oxygens (including phenoxy) is 2. The maximum atomic E-state index is 14.0. The average Bonchev–Trinajstić information content (AvgIpc) is 3.19. The Morgan fingerprint density at radius 1 is 1.33 bits per heavy atom. The van der Waals surface area contributed by atoms with Gasteiger partial charge < -0.3 is 14.4 Å². The molecule has 4 rings (SSSR count). The fraction of sp³-hybridized carbons (Fsp3) is 0.524. The Labute approximate surface area is 158 Å². The Bertz CT molecular complexity index is 866. The van der Waals surface area contributed by atoms with Crippen molar-refractivity contribution in [2.75, 3.05) is 37.8 Å². The number of benzene rings is 1. The minimum atomic E-state index is -0.296. The first kappa shape index (κ1) is 18.1. The van der Waals surface area contributed by atoms with Crippen LogP contribution in [0, 0.1) is 30.0 Å². The monoisotopic (exact) mass is 369 g/mol. The molecule has 0 spiro atoms. The molecule has 6 heteroatoms. The standard InChI is InChI=1S/C21H24FN3O2/c1-14-8-17(22)9-19-20(14)24-11-16(10-23)21(19)25-5-2-18(3-6-25)27-13-15-4-7-26-12-15/h8-9,11,15,18H,2-7,12-13H2,1H3.